The Labute approximate surface area is 79.0 Å². The van der Waals surface area contributed by atoms with Crippen LogP contribution in [-0.4, -0.2) is 12.6 Å². The van der Waals surface area contributed by atoms with Crippen molar-refractivity contribution < 1.29 is 9.53 Å². The molecule has 0 N–H and O–H groups in total. The number of nitriles is 1. The minimum Gasteiger partial charge on any atom is -0.462 e. The van der Waals surface area contributed by atoms with Crippen molar-refractivity contribution in [2.45, 2.75) is 26.7 Å². The van der Waals surface area contributed by atoms with Gasteiger partial charge in [0.05, 0.1) is 6.61 Å². The first kappa shape index (κ1) is 11.7. The molecule has 0 radical (unpaired) electrons. The van der Waals surface area contributed by atoms with E-state index in [4.69, 9.17) is 10.00 Å². The van der Waals surface area contributed by atoms with E-state index in [1.165, 1.54) is 0 Å². The summed E-state index contributed by atoms with van der Waals surface area (Å²) in [6, 6.07) is 1.65. The SMILES string of the molecule is C=C(C#N)C(=O)OCCC(C)CC. The van der Waals surface area contributed by atoms with Crippen molar-refractivity contribution in [2.75, 3.05) is 6.61 Å². The standard InChI is InChI=1S/C10H15NO2/c1-4-8(2)5-6-13-10(12)9(3)7-11/h8H,3-6H2,1-2H3. The number of carbonyl (C=O) groups excluding carboxylic acids is 1. The third-order valence-electron chi connectivity index (χ3n) is 1.92. The molecule has 0 spiro atoms. The zero-order chi connectivity index (χ0) is 10.3. The van der Waals surface area contributed by atoms with Crippen molar-refractivity contribution in [1.29, 1.82) is 5.26 Å². The molecule has 0 aliphatic heterocycles. The van der Waals surface area contributed by atoms with E-state index in [0.29, 0.717) is 12.5 Å². The van der Waals surface area contributed by atoms with Crippen LogP contribution in [-0.2, 0) is 9.53 Å². The van der Waals surface area contributed by atoms with Crippen LogP contribution < -0.4 is 0 Å². The summed E-state index contributed by atoms with van der Waals surface area (Å²) in [5.74, 6) is -0.0612. The molecular formula is C10H15NO2. The highest BCUT2D eigenvalue weighted by atomic mass is 16.5. The highest BCUT2D eigenvalue weighted by Crippen LogP contribution is 2.06. The zero-order valence-corrected chi connectivity index (χ0v) is 8.17. The van der Waals surface area contributed by atoms with Gasteiger partial charge in [0.2, 0.25) is 0 Å². The molecule has 0 aromatic heterocycles. The fourth-order valence-electron chi connectivity index (χ4n) is 0.690. The Bertz CT molecular complexity index is 228. The summed E-state index contributed by atoms with van der Waals surface area (Å²) < 4.78 is 4.81. The van der Waals surface area contributed by atoms with Gasteiger partial charge in [-0.3, -0.25) is 0 Å². The van der Waals surface area contributed by atoms with Gasteiger partial charge in [-0.2, -0.15) is 5.26 Å². The number of rotatable bonds is 5. The van der Waals surface area contributed by atoms with E-state index < -0.39 is 5.97 Å². The van der Waals surface area contributed by atoms with E-state index in [2.05, 4.69) is 20.4 Å². The van der Waals surface area contributed by atoms with E-state index in [9.17, 15) is 4.79 Å². The Balaban J connectivity index is 3.61. The van der Waals surface area contributed by atoms with Gasteiger partial charge in [0.1, 0.15) is 11.6 Å². The summed E-state index contributed by atoms with van der Waals surface area (Å²) >= 11 is 0. The predicted octanol–water partition coefficient (Wildman–Crippen LogP) is 2.05. The van der Waals surface area contributed by atoms with Crippen molar-refractivity contribution >= 4 is 5.97 Å². The summed E-state index contributed by atoms with van der Waals surface area (Å²) in [6.07, 6.45) is 1.90. The lowest BCUT2D eigenvalue weighted by Crippen LogP contribution is -2.09. The molecule has 0 aromatic rings. The first-order chi connectivity index (χ1) is 6.11. The van der Waals surface area contributed by atoms with Crippen LogP contribution in [0.2, 0.25) is 0 Å². The second kappa shape index (κ2) is 6.24. The van der Waals surface area contributed by atoms with Crippen molar-refractivity contribution in [1.82, 2.24) is 0 Å². The summed E-state index contributed by atoms with van der Waals surface area (Å²) in [5.41, 5.74) is -0.135. The van der Waals surface area contributed by atoms with E-state index in [-0.39, 0.29) is 5.57 Å². The van der Waals surface area contributed by atoms with Gasteiger partial charge in [-0.25, -0.2) is 4.79 Å². The summed E-state index contributed by atoms with van der Waals surface area (Å²) in [5, 5.41) is 8.31. The fourth-order valence-corrected chi connectivity index (χ4v) is 0.690. The molecule has 0 aliphatic rings. The topological polar surface area (TPSA) is 50.1 Å². The average molecular weight is 181 g/mol. The lowest BCUT2D eigenvalue weighted by atomic mass is 10.1. The first-order valence-corrected chi connectivity index (χ1v) is 4.38. The maximum atomic E-state index is 10.9. The molecule has 0 saturated carbocycles. The minimum absolute atomic E-state index is 0.135. The third-order valence-corrected chi connectivity index (χ3v) is 1.92. The average Bonchev–Trinajstić information content (AvgIpc) is 2.15. The van der Waals surface area contributed by atoms with Crippen LogP contribution in [0.1, 0.15) is 26.7 Å². The highest BCUT2D eigenvalue weighted by molar-refractivity contribution is 5.91. The lowest BCUT2D eigenvalue weighted by molar-refractivity contribution is -0.138. The van der Waals surface area contributed by atoms with Gasteiger partial charge in [0, 0.05) is 0 Å². The number of nitrogens with zero attached hydrogens (tertiary/aromatic N) is 1. The van der Waals surface area contributed by atoms with E-state index >= 15 is 0 Å². The van der Waals surface area contributed by atoms with Crippen molar-refractivity contribution in [3.63, 3.8) is 0 Å². The quantitative estimate of drug-likeness (QED) is 0.370. The van der Waals surface area contributed by atoms with Crippen molar-refractivity contribution in [2.24, 2.45) is 5.92 Å². The molecule has 0 bridgehead atoms. The Morgan fingerprint density at radius 2 is 2.31 bits per heavy atom. The van der Waals surface area contributed by atoms with Gasteiger partial charge in [-0.1, -0.05) is 26.8 Å². The molecule has 13 heavy (non-hydrogen) atoms. The molecule has 0 aliphatic carbocycles. The molecule has 0 rings (SSSR count). The molecule has 0 aromatic carbocycles. The lowest BCUT2D eigenvalue weighted by Gasteiger charge is -2.07. The second-order valence-electron chi connectivity index (χ2n) is 3.03. The molecule has 0 heterocycles. The number of hydrogen-bond acceptors (Lipinski definition) is 3. The molecule has 0 fully saturated rings. The van der Waals surface area contributed by atoms with Gasteiger partial charge in [-0.15, -0.1) is 0 Å². The van der Waals surface area contributed by atoms with E-state index in [1.807, 2.05) is 0 Å². The Kier molecular flexibility index (Phi) is 5.62. The predicted molar refractivity (Wildman–Crippen MR) is 49.8 cm³/mol. The fraction of sp³-hybridized carbons (Fsp3) is 0.600. The van der Waals surface area contributed by atoms with Gasteiger partial charge in [0.15, 0.2) is 0 Å². The molecule has 0 amide bonds. The normalized spacial score (nSPS) is 11.5. The van der Waals surface area contributed by atoms with E-state index in [0.717, 1.165) is 12.8 Å². The highest BCUT2D eigenvalue weighted by Gasteiger charge is 2.07. The third kappa shape index (κ3) is 5.02. The van der Waals surface area contributed by atoms with Gasteiger partial charge >= 0.3 is 5.97 Å². The van der Waals surface area contributed by atoms with Gasteiger partial charge in [-0.05, 0) is 12.3 Å². The largest absolute Gasteiger partial charge is 0.462 e. The molecule has 3 heteroatoms. The Morgan fingerprint density at radius 3 is 2.77 bits per heavy atom. The molecular weight excluding hydrogens is 166 g/mol. The zero-order valence-electron chi connectivity index (χ0n) is 8.17. The smallest absolute Gasteiger partial charge is 0.348 e. The molecule has 3 nitrogen and oxygen atoms in total. The number of ether oxygens (including phenoxy) is 1. The van der Waals surface area contributed by atoms with Crippen LogP contribution in [0.25, 0.3) is 0 Å². The Morgan fingerprint density at radius 1 is 1.69 bits per heavy atom. The summed E-state index contributed by atoms with van der Waals surface area (Å²) in [6.45, 7) is 7.80. The maximum absolute atomic E-state index is 10.9. The van der Waals surface area contributed by atoms with Gasteiger partial charge < -0.3 is 4.74 Å². The van der Waals surface area contributed by atoms with Crippen LogP contribution in [0, 0.1) is 17.2 Å². The molecule has 1 unspecified atom stereocenters. The first-order valence-electron chi connectivity index (χ1n) is 4.38. The Hall–Kier alpha value is -1.30. The second-order valence-corrected chi connectivity index (χ2v) is 3.03. The molecule has 72 valence electrons. The van der Waals surface area contributed by atoms with Crippen LogP contribution >= 0.6 is 0 Å². The van der Waals surface area contributed by atoms with Crippen molar-refractivity contribution in [3.8, 4) is 6.07 Å². The monoisotopic (exact) mass is 181 g/mol. The molecule has 0 saturated heterocycles. The number of hydrogen-bond donors (Lipinski definition) is 0. The van der Waals surface area contributed by atoms with E-state index in [1.54, 1.807) is 6.07 Å². The van der Waals surface area contributed by atoms with Gasteiger partial charge in [0.25, 0.3) is 0 Å². The van der Waals surface area contributed by atoms with Crippen molar-refractivity contribution in [3.05, 3.63) is 12.2 Å². The van der Waals surface area contributed by atoms with Crippen LogP contribution in [0.3, 0.4) is 0 Å². The van der Waals surface area contributed by atoms with Crippen LogP contribution in [0.5, 0.6) is 0 Å². The van der Waals surface area contributed by atoms with Crippen LogP contribution in [0.4, 0.5) is 0 Å². The van der Waals surface area contributed by atoms with Crippen LogP contribution in [0.15, 0.2) is 12.2 Å². The number of carbonyl (C=O) groups is 1. The summed E-state index contributed by atoms with van der Waals surface area (Å²) in [4.78, 5) is 10.9. The summed E-state index contributed by atoms with van der Waals surface area (Å²) in [7, 11) is 0. The minimum atomic E-state index is -0.606. The molecule has 1 atom stereocenters. The number of esters is 1. The maximum Gasteiger partial charge on any atom is 0.348 e.